The van der Waals surface area contributed by atoms with Gasteiger partial charge in [-0.05, 0) is 25.7 Å². The molecule has 0 bridgehead atoms. The smallest absolute Gasteiger partial charge is 0.236 e. The lowest BCUT2D eigenvalue weighted by Gasteiger charge is -2.16. The summed E-state index contributed by atoms with van der Waals surface area (Å²) in [5.74, 6) is 0.241. The molecule has 2 aliphatic heterocycles. The number of nitrogens with one attached hydrogen (secondary N) is 1. The fourth-order valence-corrected chi connectivity index (χ4v) is 2.22. The number of nitrogens with zero attached hydrogens (tertiary/aromatic N) is 1. The molecule has 0 aromatic carbocycles. The van der Waals surface area contributed by atoms with Crippen LogP contribution in [-0.4, -0.2) is 49.7 Å². The van der Waals surface area contributed by atoms with Crippen LogP contribution in [0.15, 0.2) is 0 Å². The summed E-state index contributed by atoms with van der Waals surface area (Å²) in [5, 5.41) is 3.19. The van der Waals surface area contributed by atoms with Gasteiger partial charge in [-0.2, -0.15) is 0 Å². The molecule has 1 unspecified atom stereocenters. The molecule has 2 saturated heterocycles. The predicted molar refractivity (Wildman–Crippen MR) is 57.7 cm³/mol. The average molecular weight is 212 g/mol. The van der Waals surface area contributed by atoms with E-state index in [9.17, 15) is 4.79 Å². The molecule has 1 N–H and O–H groups in total. The van der Waals surface area contributed by atoms with Gasteiger partial charge in [0.1, 0.15) is 0 Å². The third-order valence-electron chi connectivity index (χ3n) is 3.13. The Morgan fingerprint density at radius 2 is 2.13 bits per heavy atom. The quantitative estimate of drug-likeness (QED) is 0.732. The number of hydrogen-bond donors (Lipinski definition) is 1. The molecule has 4 heteroatoms. The van der Waals surface area contributed by atoms with Gasteiger partial charge in [0.2, 0.25) is 5.91 Å². The molecule has 4 nitrogen and oxygen atoms in total. The van der Waals surface area contributed by atoms with E-state index < -0.39 is 0 Å². The van der Waals surface area contributed by atoms with Gasteiger partial charge < -0.3 is 15.0 Å². The lowest BCUT2D eigenvalue weighted by molar-refractivity contribution is -0.129. The third kappa shape index (κ3) is 3.18. The van der Waals surface area contributed by atoms with E-state index in [1.54, 1.807) is 0 Å². The first-order valence-corrected chi connectivity index (χ1v) is 5.96. The Balaban J connectivity index is 1.58. The van der Waals surface area contributed by atoms with Crippen LogP contribution in [0.25, 0.3) is 0 Å². The highest BCUT2D eigenvalue weighted by molar-refractivity contribution is 5.78. The minimum absolute atomic E-state index is 0.241. The van der Waals surface area contributed by atoms with Crippen LogP contribution in [0.3, 0.4) is 0 Å². The van der Waals surface area contributed by atoms with E-state index >= 15 is 0 Å². The first-order valence-electron chi connectivity index (χ1n) is 5.96. The molecule has 0 spiro atoms. The van der Waals surface area contributed by atoms with E-state index in [1.807, 2.05) is 4.90 Å². The maximum Gasteiger partial charge on any atom is 0.236 e. The molecule has 2 heterocycles. The van der Waals surface area contributed by atoms with Gasteiger partial charge in [0.05, 0.1) is 12.6 Å². The van der Waals surface area contributed by atoms with E-state index in [-0.39, 0.29) is 5.91 Å². The molecule has 2 fully saturated rings. The van der Waals surface area contributed by atoms with Gasteiger partial charge in [0, 0.05) is 26.2 Å². The summed E-state index contributed by atoms with van der Waals surface area (Å²) < 4.78 is 5.47. The number of carbonyl (C=O) groups excluding carboxylic acids is 1. The van der Waals surface area contributed by atoms with Crippen LogP contribution >= 0.6 is 0 Å². The largest absolute Gasteiger partial charge is 0.377 e. The summed E-state index contributed by atoms with van der Waals surface area (Å²) in [4.78, 5) is 13.6. The van der Waals surface area contributed by atoms with Crippen molar-refractivity contribution in [2.24, 2.45) is 0 Å². The second-order valence-corrected chi connectivity index (χ2v) is 4.35. The minimum Gasteiger partial charge on any atom is -0.377 e. The van der Waals surface area contributed by atoms with Crippen LogP contribution in [0.2, 0.25) is 0 Å². The lowest BCUT2D eigenvalue weighted by Crippen LogP contribution is -2.38. The number of amides is 1. The molecule has 2 rings (SSSR count). The summed E-state index contributed by atoms with van der Waals surface area (Å²) in [5.41, 5.74) is 0. The standard InChI is InChI=1S/C11H20N2O2/c14-11(13-5-1-2-6-13)9-12-8-10-4-3-7-15-10/h10,12H,1-9H2. The topological polar surface area (TPSA) is 41.6 Å². The van der Waals surface area contributed by atoms with Crippen molar-refractivity contribution in [2.45, 2.75) is 31.8 Å². The maximum absolute atomic E-state index is 11.6. The maximum atomic E-state index is 11.6. The monoisotopic (exact) mass is 212 g/mol. The summed E-state index contributed by atoms with van der Waals surface area (Å²) in [6.07, 6.45) is 4.95. The van der Waals surface area contributed by atoms with Gasteiger partial charge in [-0.15, -0.1) is 0 Å². The zero-order valence-corrected chi connectivity index (χ0v) is 9.21. The van der Waals surface area contributed by atoms with Crippen LogP contribution in [0, 0.1) is 0 Å². The molecule has 0 aromatic rings. The summed E-state index contributed by atoms with van der Waals surface area (Å²) >= 11 is 0. The van der Waals surface area contributed by atoms with Crippen molar-refractivity contribution < 1.29 is 9.53 Å². The van der Waals surface area contributed by atoms with E-state index in [2.05, 4.69) is 5.32 Å². The van der Waals surface area contributed by atoms with Gasteiger partial charge in [-0.25, -0.2) is 0 Å². The molecule has 0 aliphatic carbocycles. The SMILES string of the molecule is O=C(CNCC1CCCO1)N1CCCC1. The Labute approximate surface area is 91.0 Å². The summed E-state index contributed by atoms with van der Waals surface area (Å²) in [6.45, 7) is 4.06. The van der Waals surface area contributed by atoms with Crippen LogP contribution in [0.5, 0.6) is 0 Å². The molecule has 15 heavy (non-hydrogen) atoms. The molecule has 86 valence electrons. The predicted octanol–water partition coefficient (Wildman–Crippen LogP) is 0.377. The Morgan fingerprint density at radius 1 is 1.33 bits per heavy atom. The van der Waals surface area contributed by atoms with Gasteiger partial charge in [-0.3, -0.25) is 4.79 Å². The number of rotatable bonds is 4. The Bertz CT molecular complexity index is 209. The number of likely N-dealkylation sites (tertiary alicyclic amines) is 1. The van der Waals surface area contributed by atoms with E-state index in [4.69, 9.17) is 4.74 Å². The molecule has 0 radical (unpaired) electrons. The van der Waals surface area contributed by atoms with Crippen molar-refractivity contribution in [1.82, 2.24) is 10.2 Å². The van der Waals surface area contributed by atoms with Crippen molar-refractivity contribution in [3.63, 3.8) is 0 Å². The van der Waals surface area contributed by atoms with Crippen molar-refractivity contribution in [1.29, 1.82) is 0 Å². The van der Waals surface area contributed by atoms with Gasteiger partial charge >= 0.3 is 0 Å². The third-order valence-corrected chi connectivity index (χ3v) is 3.13. The van der Waals surface area contributed by atoms with Crippen LogP contribution in [0.1, 0.15) is 25.7 Å². The zero-order valence-electron chi connectivity index (χ0n) is 9.21. The van der Waals surface area contributed by atoms with Gasteiger partial charge in [0.15, 0.2) is 0 Å². The Kier molecular flexibility index (Phi) is 3.97. The minimum atomic E-state index is 0.241. The highest BCUT2D eigenvalue weighted by atomic mass is 16.5. The van der Waals surface area contributed by atoms with E-state index in [0.29, 0.717) is 12.6 Å². The number of ether oxygens (including phenoxy) is 1. The summed E-state index contributed by atoms with van der Waals surface area (Å²) in [6, 6.07) is 0. The van der Waals surface area contributed by atoms with Gasteiger partial charge in [-0.1, -0.05) is 0 Å². The lowest BCUT2D eigenvalue weighted by atomic mass is 10.2. The highest BCUT2D eigenvalue weighted by Crippen LogP contribution is 2.10. The fourth-order valence-electron chi connectivity index (χ4n) is 2.22. The zero-order chi connectivity index (χ0) is 10.5. The second kappa shape index (κ2) is 5.47. The van der Waals surface area contributed by atoms with Crippen LogP contribution < -0.4 is 5.32 Å². The first-order chi connectivity index (χ1) is 7.36. The normalized spacial score (nSPS) is 26.1. The molecule has 0 saturated carbocycles. The van der Waals surface area contributed by atoms with Crippen LogP contribution in [-0.2, 0) is 9.53 Å². The van der Waals surface area contributed by atoms with Crippen molar-refractivity contribution in [3.8, 4) is 0 Å². The van der Waals surface area contributed by atoms with Crippen molar-refractivity contribution >= 4 is 5.91 Å². The van der Waals surface area contributed by atoms with Crippen molar-refractivity contribution in [3.05, 3.63) is 0 Å². The van der Waals surface area contributed by atoms with E-state index in [1.165, 1.54) is 0 Å². The highest BCUT2D eigenvalue weighted by Gasteiger charge is 2.19. The Morgan fingerprint density at radius 3 is 2.80 bits per heavy atom. The summed E-state index contributed by atoms with van der Waals surface area (Å²) in [7, 11) is 0. The van der Waals surface area contributed by atoms with Crippen molar-refractivity contribution in [2.75, 3.05) is 32.8 Å². The molecule has 2 aliphatic rings. The molecular formula is C11H20N2O2. The molecule has 1 atom stereocenters. The van der Waals surface area contributed by atoms with Gasteiger partial charge in [0.25, 0.3) is 0 Å². The molecule has 1 amide bonds. The second-order valence-electron chi connectivity index (χ2n) is 4.35. The molecule has 0 aromatic heterocycles. The average Bonchev–Trinajstić information content (AvgIpc) is 2.90. The van der Waals surface area contributed by atoms with Crippen LogP contribution in [0.4, 0.5) is 0 Å². The fraction of sp³-hybridized carbons (Fsp3) is 0.909. The number of hydrogen-bond acceptors (Lipinski definition) is 3. The first kappa shape index (κ1) is 10.9. The number of carbonyl (C=O) groups is 1. The Hall–Kier alpha value is -0.610. The van der Waals surface area contributed by atoms with E-state index in [0.717, 1.165) is 51.9 Å². The molecular weight excluding hydrogens is 192 g/mol.